The average Bonchev–Trinajstić information content (AvgIpc) is 2.30. The van der Waals surface area contributed by atoms with E-state index in [9.17, 15) is 14.4 Å². The van der Waals surface area contributed by atoms with Gasteiger partial charge in [0.25, 0.3) is 0 Å². The summed E-state index contributed by atoms with van der Waals surface area (Å²) in [4.78, 5) is 33.6. The lowest BCUT2D eigenvalue weighted by atomic mass is 10.1. The maximum atomic E-state index is 11.7. The van der Waals surface area contributed by atoms with Crippen molar-refractivity contribution in [3.05, 3.63) is 23.3 Å². The fourth-order valence-electron chi connectivity index (χ4n) is 1.51. The molecule has 0 aliphatic rings. The molecule has 0 heterocycles. The van der Waals surface area contributed by atoms with Crippen LogP contribution in [-0.4, -0.2) is 25.0 Å². The smallest absolute Gasteiger partial charge is 0.341 e. The van der Waals surface area contributed by atoms with E-state index in [-0.39, 0.29) is 17.1 Å². The molecule has 1 rings (SSSR count). The van der Waals surface area contributed by atoms with Crippen LogP contribution in [0.2, 0.25) is 0 Å². The van der Waals surface area contributed by atoms with E-state index in [1.165, 1.54) is 33.1 Å². The molecule has 0 saturated heterocycles. The fraction of sp³-hybridized carbons (Fsp3) is 0.308. The largest absolute Gasteiger partial charge is 0.465 e. The van der Waals surface area contributed by atoms with E-state index in [2.05, 4.69) is 4.74 Å². The SMILES string of the molecule is COC(=O)c1cc(OC(C)=O)cc(C)c1OC(C)=O. The van der Waals surface area contributed by atoms with Gasteiger partial charge in [0.2, 0.25) is 0 Å². The summed E-state index contributed by atoms with van der Waals surface area (Å²) in [6, 6.07) is 2.78. The van der Waals surface area contributed by atoms with E-state index >= 15 is 0 Å². The van der Waals surface area contributed by atoms with Crippen LogP contribution in [0.25, 0.3) is 0 Å². The van der Waals surface area contributed by atoms with Crippen molar-refractivity contribution in [3.63, 3.8) is 0 Å². The fourth-order valence-corrected chi connectivity index (χ4v) is 1.51. The van der Waals surface area contributed by atoms with Crippen molar-refractivity contribution in [1.82, 2.24) is 0 Å². The van der Waals surface area contributed by atoms with Crippen LogP contribution in [-0.2, 0) is 14.3 Å². The second-order valence-electron chi connectivity index (χ2n) is 3.80. The number of methoxy groups -OCH3 is 1. The molecule has 0 unspecified atom stereocenters. The number of ether oxygens (including phenoxy) is 3. The molecule has 1 aromatic rings. The molecule has 0 amide bonds. The molecule has 0 aromatic heterocycles. The second-order valence-corrected chi connectivity index (χ2v) is 3.80. The number of carbonyl (C=O) groups is 3. The van der Waals surface area contributed by atoms with E-state index in [1.54, 1.807) is 6.92 Å². The predicted octanol–water partition coefficient (Wildman–Crippen LogP) is 1.63. The first-order valence-corrected chi connectivity index (χ1v) is 5.45. The van der Waals surface area contributed by atoms with Gasteiger partial charge in [0, 0.05) is 13.8 Å². The van der Waals surface area contributed by atoms with Crippen molar-refractivity contribution >= 4 is 17.9 Å². The highest BCUT2D eigenvalue weighted by Gasteiger charge is 2.19. The molecule has 6 heteroatoms. The molecule has 0 aliphatic carbocycles. The number of hydrogen-bond donors (Lipinski definition) is 0. The number of esters is 3. The van der Waals surface area contributed by atoms with Gasteiger partial charge in [0.15, 0.2) is 0 Å². The molecular weight excluding hydrogens is 252 g/mol. The van der Waals surface area contributed by atoms with Crippen LogP contribution in [0.4, 0.5) is 0 Å². The van der Waals surface area contributed by atoms with Crippen LogP contribution in [0.3, 0.4) is 0 Å². The molecule has 102 valence electrons. The molecule has 0 N–H and O–H groups in total. The molecule has 0 bridgehead atoms. The van der Waals surface area contributed by atoms with Crippen molar-refractivity contribution in [1.29, 1.82) is 0 Å². The summed E-state index contributed by atoms with van der Waals surface area (Å²) in [6.45, 7) is 4.09. The first kappa shape index (κ1) is 14.7. The van der Waals surface area contributed by atoms with E-state index in [0.717, 1.165) is 0 Å². The standard InChI is InChI=1S/C13H14O6/c1-7-5-10(18-8(2)14)6-11(13(16)17-4)12(7)19-9(3)15/h5-6H,1-4H3. The Labute approximate surface area is 110 Å². The third kappa shape index (κ3) is 3.80. The Morgan fingerprint density at radius 2 is 1.58 bits per heavy atom. The molecular formula is C13H14O6. The van der Waals surface area contributed by atoms with Crippen LogP contribution in [0.5, 0.6) is 11.5 Å². The Hall–Kier alpha value is -2.37. The third-order valence-electron chi connectivity index (χ3n) is 2.16. The zero-order valence-electron chi connectivity index (χ0n) is 11.1. The Kier molecular flexibility index (Phi) is 4.63. The van der Waals surface area contributed by atoms with Gasteiger partial charge in [-0.05, 0) is 24.6 Å². The molecule has 0 spiro atoms. The molecule has 0 fully saturated rings. The Balaban J connectivity index is 3.33. The lowest BCUT2D eigenvalue weighted by Gasteiger charge is -2.12. The number of aryl methyl sites for hydroxylation is 1. The van der Waals surface area contributed by atoms with Gasteiger partial charge in [-0.1, -0.05) is 0 Å². The Bertz CT molecular complexity index is 532. The van der Waals surface area contributed by atoms with Crippen molar-refractivity contribution in [3.8, 4) is 11.5 Å². The van der Waals surface area contributed by atoms with Crippen molar-refractivity contribution in [2.75, 3.05) is 7.11 Å². The summed E-state index contributed by atoms with van der Waals surface area (Å²) in [5.41, 5.74) is 0.503. The number of rotatable bonds is 3. The summed E-state index contributed by atoms with van der Waals surface area (Å²) in [7, 11) is 1.20. The van der Waals surface area contributed by atoms with Gasteiger partial charge in [-0.15, -0.1) is 0 Å². The number of benzene rings is 1. The highest BCUT2D eigenvalue weighted by molar-refractivity contribution is 5.94. The van der Waals surface area contributed by atoms with Crippen molar-refractivity contribution in [2.24, 2.45) is 0 Å². The topological polar surface area (TPSA) is 78.9 Å². The minimum Gasteiger partial charge on any atom is -0.465 e. The van der Waals surface area contributed by atoms with Crippen molar-refractivity contribution in [2.45, 2.75) is 20.8 Å². The molecule has 0 radical (unpaired) electrons. The summed E-state index contributed by atoms with van der Waals surface area (Å²) < 4.78 is 14.5. The van der Waals surface area contributed by atoms with Gasteiger partial charge in [0.1, 0.15) is 17.1 Å². The van der Waals surface area contributed by atoms with Crippen molar-refractivity contribution < 1.29 is 28.6 Å². The monoisotopic (exact) mass is 266 g/mol. The number of carbonyl (C=O) groups excluding carboxylic acids is 3. The summed E-state index contributed by atoms with van der Waals surface area (Å²) in [6.07, 6.45) is 0. The van der Waals surface area contributed by atoms with Crippen LogP contribution >= 0.6 is 0 Å². The molecule has 0 saturated carbocycles. The highest BCUT2D eigenvalue weighted by Crippen LogP contribution is 2.30. The minimum absolute atomic E-state index is 0.0222. The maximum absolute atomic E-state index is 11.7. The minimum atomic E-state index is -0.687. The van der Waals surface area contributed by atoms with Crippen LogP contribution in [0.15, 0.2) is 12.1 Å². The first-order valence-electron chi connectivity index (χ1n) is 5.45. The number of hydrogen-bond acceptors (Lipinski definition) is 6. The Morgan fingerprint density at radius 1 is 1.00 bits per heavy atom. The van der Waals surface area contributed by atoms with Crippen LogP contribution in [0.1, 0.15) is 29.8 Å². The normalized spacial score (nSPS) is 9.68. The van der Waals surface area contributed by atoms with Crippen LogP contribution < -0.4 is 9.47 Å². The summed E-state index contributed by atoms with van der Waals surface area (Å²) in [5, 5.41) is 0. The van der Waals surface area contributed by atoms with Gasteiger partial charge >= 0.3 is 17.9 Å². The maximum Gasteiger partial charge on any atom is 0.341 e. The van der Waals surface area contributed by atoms with E-state index < -0.39 is 17.9 Å². The van der Waals surface area contributed by atoms with Gasteiger partial charge in [0.05, 0.1) is 7.11 Å². The average molecular weight is 266 g/mol. The summed E-state index contributed by atoms with van der Waals surface area (Å²) >= 11 is 0. The van der Waals surface area contributed by atoms with E-state index in [1.807, 2.05) is 0 Å². The van der Waals surface area contributed by atoms with Gasteiger partial charge in [-0.25, -0.2) is 4.79 Å². The third-order valence-corrected chi connectivity index (χ3v) is 2.16. The van der Waals surface area contributed by atoms with E-state index in [0.29, 0.717) is 5.56 Å². The first-order chi connectivity index (χ1) is 8.85. The molecule has 0 aliphatic heterocycles. The van der Waals surface area contributed by atoms with E-state index in [4.69, 9.17) is 9.47 Å². The van der Waals surface area contributed by atoms with Gasteiger partial charge in [-0.2, -0.15) is 0 Å². The quantitative estimate of drug-likeness (QED) is 0.611. The lowest BCUT2D eigenvalue weighted by molar-refractivity contribution is -0.133. The van der Waals surface area contributed by atoms with Gasteiger partial charge < -0.3 is 14.2 Å². The molecule has 19 heavy (non-hydrogen) atoms. The lowest BCUT2D eigenvalue weighted by Crippen LogP contribution is -2.11. The Morgan fingerprint density at radius 3 is 2.05 bits per heavy atom. The summed E-state index contributed by atoms with van der Waals surface area (Å²) in [5.74, 6) is -1.49. The molecule has 6 nitrogen and oxygen atoms in total. The predicted molar refractivity (Wildman–Crippen MR) is 65.1 cm³/mol. The second kappa shape index (κ2) is 5.99. The van der Waals surface area contributed by atoms with Gasteiger partial charge in [-0.3, -0.25) is 9.59 Å². The zero-order valence-corrected chi connectivity index (χ0v) is 11.1. The molecule has 0 atom stereocenters. The zero-order chi connectivity index (χ0) is 14.6. The highest BCUT2D eigenvalue weighted by atomic mass is 16.5. The van der Waals surface area contributed by atoms with Crippen LogP contribution in [0, 0.1) is 6.92 Å². The molecule has 1 aromatic carbocycles.